The number of hydrogen-bond donors (Lipinski definition) is 0. The van der Waals surface area contributed by atoms with E-state index >= 15 is 0 Å². The van der Waals surface area contributed by atoms with Crippen LogP contribution in [0.4, 0.5) is 0 Å². The lowest BCUT2D eigenvalue weighted by Crippen LogP contribution is -2.19. The first kappa shape index (κ1) is 19.1. The van der Waals surface area contributed by atoms with Crippen LogP contribution in [0, 0.1) is 0 Å². The Labute approximate surface area is 184 Å². The van der Waals surface area contributed by atoms with E-state index < -0.39 is 6.46 Å². The smallest absolute Gasteiger partial charge is 0.0953 e. The van der Waals surface area contributed by atoms with Gasteiger partial charge in [-0.2, -0.15) is 0 Å². The fraction of sp³-hybridized carbons (Fsp3) is 0. The maximum absolute atomic E-state index is 6.58. The largest absolute Gasteiger partial charge is 0.540 e. The van der Waals surface area contributed by atoms with Crippen molar-refractivity contribution in [3.05, 3.63) is 149 Å². The third-order valence-corrected chi connectivity index (χ3v) is 10.5. The van der Waals surface area contributed by atoms with Gasteiger partial charge >= 0.3 is 0 Å². The first-order valence-electron chi connectivity index (χ1n) is 10.1. The lowest BCUT2D eigenvalue weighted by molar-refractivity contribution is 1.53. The Bertz CT molecular complexity index is 1170. The van der Waals surface area contributed by atoms with Crippen molar-refractivity contribution in [3.63, 3.8) is 0 Å². The van der Waals surface area contributed by atoms with E-state index in [0.717, 1.165) is 0 Å². The van der Waals surface area contributed by atoms with E-state index in [9.17, 15) is 0 Å². The average molecular weight is 421 g/mol. The van der Waals surface area contributed by atoms with E-state index in [-0.39, 0.29) is 0 Å². The summed E-state index contributed by atoms with van der Waals surface area (Å²) in [5, 5.41) is 3.84. The molecule has 4 aromatic carbocycles. The number of allylic oxidation sites excluding steroid dienone is 2. The molecule has 0 aliphatic carbocycles. The van der Waals surface area contributed by atoms with E-state index in [4.69, 9.17) is 12.2 Å². The van der Waals surface area contributed by atoms with Crippen molar-refractivity contribution in [2.75, 3.05) is 0 Å². The van der Waals surface area contributed by atoms with Crippen molar-refractivity contribution >= 4 is 34.9 Å². The molecular formula is C28H21PS. The van der Waals surface area contributed by atoms with Crippen LogP contribution in [-0.2, 0) is 12.2 Å². The molecule has 0 saturated heterocycles. The Balaban J connectivity index is 1.82. The Kier molecular flexibility index (Phi) is 5.17. The van der Waals surface area contributed by atoms with E-state index in [0.29, 0.717) is 0 Å². The van der Waals surface area contributed by atoms with Gasteiger partial charge in [-0.05, 0) is 29.7 Å². The second-order valence-corrected chi connectivity index (χ2v) is 11.7. The summed E-state index contributed by atoms with van der Waals surface area (Å²) in [5.74, 6) is 0. The van der Waals surface area contributed by atoms with Crippen molar-refractivity contribution in [1.82, 2.24) is 0 Å². The molecule has 0 fully saturated rings. The van der Waals surface area contributed by atoms with Gasteiger partial charge in [-0.15, -0.1) is 0 Å². The first-order chi connectivity index (χ1) is 14.8. The van der Waals surface area contributed by atoms with Crippen LogP contribution >= 0.6 is 6.46 Å². The van der Waals surface area contributed by atoms with Gasteiger partial charge in [-0.3, -0.25) is 0 Å². The van der Waals surface area contributed by atoms with Crippen LogP contribution in [0.3, 0.4) is 0 Å². The Morgan fingerprint density at radius 2 is 0.967 bits per heavy atom. The normalized spacial score (nSPS) is 17.8. The topological polar surface area (TPSA) is 0 Å². The van der Waals surface area contributed by atoms with E-state index in [1.807, 2.05) is 0 Å². The lowest BCUT2D eigenvalue weighted by Gasteiger charge is -2.43. The molecule has 0 nitrogen and oxygen atoms in total. The summed E-state index contributed by atoms with van der Waals surface area (Å²) >= 11 is 6.58. The SMILES string of the molecule is [S-][P+]1(c2ccccc2)C(c2ccccc2)=CC1=C(c1ccccc1)c1ccccc1. The van der Waals surface area contributed by atoms with Gasteiger partial charge in [-0.25, -0.2) is 0 Å². The summed E-state index contributed by atoms with van der Waals surface area (Å²) in [4.78, 5) is 0. The zero-order valence-corrected chi connectivity index (χ0v) is 18.2. The van der Waals surface area contributed by atoms with Crippen LogP contribution in [-0.4, -0.2) is 0 Å². The summed E-state index contributed by atoms with van der Waals surface area (Å²) < 4.78 is 0. The molecule has 1 heterocycles. The van der Waals surface area contributed by atoms with Crippen molar-refractivity contribution in [2.24, 2.45) is 0 Å². The highest BCUT2D eigenvalue weighted by Gasteiger charge is 2.46. The highest BCUT2D eigenvalue weighted by molar-refractivity contribution is 8.52. The molecular weight excluding hydrogens is 399 g/mol. The summed E-state index contributed by atoms with van der Waals surface area (Å²) in [5.41, 5.74) is 4.91. The van der Waals surface area contributed by atoms with Gasteiger partial charge < -0.3 is 12.2 Å². The van der Waals surface area contributed by atoms with Crippen molar-refractivity contribution < 1.29 is 0 Å². The van der Waals surface area contributed by atoms with Crippen LogP contribution in [0.1, 0.15) is 16.7 Å². The van der Waals surface area contributed by atoms with Crippen molar-refractivity contribution in [3.8, 4) is 0 Å². The molecule has 1 unspecified atom stereocenters. The van der Waals surface area contributed by atoms with E-state index in [1.54, 1.807) is 0 Å². The van der Waals surface area contributed by atoms with Crippen LogP contribution in [0.15, 0.2) is 133 Å². The molecule has 1 aliphatic heterocycles. The van der Waals surface area contributed by atoms with Gasteiger partial charge in [-0.1, -0.05) is 109 Å². The molecule has 144 valence electrons. The molecule has 0 saturated carbocycles. The molecule has 0 N–H and O–H groups in total. The maximum atomic E-state index is 6.58. The Morgan fingerprint density at radius 1 is 0.533 bits per heavy atom. The number of rotatable bonds is 4. The fourth-order valence-electron chi connectivity index (χ4n) is 4.07. The first-order valence-corrected chi connectivity index (χ1v) is 12.9. The van der Waals surface area contributed by atoms with Crippen LogP contribution in [0.2, 0.25) is 0 Å². The lowest BCUT2D eigenvalue weighted by atomic mass is 9.97. The summed E-state index contributed by atoms with van der Waals surface area (Å²) in [7, 11) is 0. The summed E-state index contributed by atoms with van der Waals surface area (Å²) in [6, 6.07) is 42.6. The zero-order valence-electron chi connectivity index (χ0n) is 16.5. The Hall–Kier alpha value is -2.86. The molecule has 0 spiro atoms. The molecule has 1 atom stereocenters. The van der Waals surface area contributed by atoms with Crippen LogP contribution < -0.4 is 5.30 Å². The quantitative estimate of drug-likeness (QED) is 0.246. The molecule has 30 heavy (non-hydrogen) atoms. The fourth-order valence-corrected chi connectivity index (χ4v) is 8.25. The highest BCUT2D eigenvalue weighted by Crippen LogP contribution is 2.81. The third-order valence-electron chi connectivity index (χ3n) is 5.52. The second kappa shape index (κ2) is 8.11. The monoisotopic (exact) mass is 420 g/mol. The summed E-state index contributed by atoms with van der Waals surface area (Å²) in [6.45, 7) is -2.10. The molecule has 1 aliphatic rings. The van der Waals surface area contributed by atoms with Gasteiger partial charge in [0, 0.05) is 17.2 Å². The van der Waals surface area contributed by atoms with Gasteiger partial charge in [0.05, 0.1) is 15.9 Å². The highest BCUT2D eigenvalue weighted by atomic mass is 32.7. The van der Waals surface area contributed by atoms with Gasteiger partial charge in [0.25, 0.3) is 0 Å². The molecule has 5 rings (SSSR count). The van der Waals surface area contributed by atoms with Gasteiger partial charge in [0.15, 0.2) is 0 Å². The van der Waals surface area contributed by atoms with E-state index in [2.05, 4.69) is 127 Å². The molecule has 4 aromatic rings. The molecule has 0 radical (unpaired) electrons. The van der Waals surface area contributed by atoms with Gasteiger partial charge in [0.2, 0.25) is 0 Å². The maximum Gasteiger partial charge on any atom is 0.0953 e. The average Bonchev–Trinajstić information content (AvgIpc) is 2.83. The predicted molar refractivity (Wildman–Crippen MR) is 134 cm³/mol. The standard InChI is InChI=1S/C28H21PS/c30-29(25-19-11-4-12-20-25)26(22-13-5-1-6-14-22)21-27(29)28(23-15-7-2-8-16-23)24-17-9-3-10-18-24/h1-21H. The second-order valence-electron chi connectivity index (χ2n) is 7.33. The van der Waals surface area contributed by atoms with E-state index in [1.165, 1.54) is 38.2 Å². The Morgan fingerprint density at radius 3 is 1.47 bits per heavy atom. The predicted octanol–water partition coefficient (Wildman–Crippen LogP) is 7.31. The minimum Gasteiger partial charge on any atom is -0.540 e. The molecule has 0 aromatic heterocycles. The minimum atomic E-state index is -2.10. The van der Waals surface area contributed by atoms with Gasteiger partial charge in [0.1, 0.15) is 0 Å². The molecule has 2 heteroatoms. The van der Waals surface area contributed by atoms with Crippen molar-refractivity contribution in [1.29, 1.82) is 0 Å². The minimum absolute atomic E-state index is 1.22. The zero-order chi connectivity index (χ0) is 20.4. The number of benzene rings is 4. The molecule has 0 bridgehead atoms. The van der Waals surface area contributed by atoms with Crippen LogP contribution in [0.25, 0.3) is 10.9 Å². The van der Waals surface area contributed by atoms with Crippen molar-refractivity contribution in [2.45, 2.75) is 0 Å². The van der Waals surface area contributed by atoms with Crippen LogP contribution in [0.5, 0.6) is 0 Å². The number of hydrogen-bond acceptors (Lipinski definition) is 1. The summed E-state index contributed by atoms with van der Waals surface area (Å²) in [6.07, 6.45) is 2.33. The third kappa shape index (κ3) is 3.25. The molecule has 0 amide bonds.